The van der Waals surface area contributed by atoms with Crippen molar-refractivity contribution in [1.82, 2.24) is 14.9 Å². The van der Waals surface area contributed by atoms with Crippen LogP contribution < -0.4 is 4.72 Å². The molecular weight excluding hydrogens is 306 g/mol. The molecule has 0 spiro atoms. The van der Waals surface area contributed by atoms with E-state index >= 15 is 0 Å². The smallest absolute Gasteiger partial charge is 0.265 e. The number of carbonyl (C=O) groups is 1. The summed E-state index contributed by atoms with van der Waals surface area (Å²) in [5.41, 5.74) is 1.95. The summed E-state index contributed by atoms with van der Waals surface area (Å²) >= 11 is 0. The first-order valence-corrected chi connectivity index (χ1v) is 9.09. The van der Waals surface area contributed by atoms with Crippen LogP contribution in [0.15, 0.2) is 10.6 Å². The van der Waals surface area contributed by atoms with Crippen molar-refractivity contribution < 1.29 is 17.7 Å². The SMILES string of the molecule is CCCc1noc2nc(C3CC3)cc(C(=O)NS(C)(=O)=O)c12. The Balaban J connectivity index is 2.15. The molecule has 1 aliphatic rings. The zero-order valence-electron chi connectivity index (χ0n) is 12.4. The van der Waals surface area contributed by atoms with Crippen molar-refractivity contribution in [3.05, 3.63) is 23.0 Å². The Labute approximate surface area is 128 Å². The van der Waals surface area contributed by atoms with Gasteiger partial charge >= 0.3 is 0 Å². The number of aromatic nitrogens is 2. The number of amides is 1. The average molecular weight is 323 g/mol. The third-order valence-electron chi connectivity index (χ3n) is 3.54. The highest BCUT2D eigenvalue weighted by atomic mass is 32.2. The zero-order chi connectivity index (χ0) is 15.9. The summed E-state index contributed by atoms with van der Waals surface area (Å²) in [6, 6.07) is 1.66. The number of sulfonamides is 1. The maximum absolute atomic E-state index is 12.3. The standard InChI is InChI=1S/C14H17N3O4S/c1-3-4-10-12-9(13(18)17-22(2,19)20)7-11(8-5-6-8)15-14(12)21-16-10/h7-8H,3-6H2,1-2H3,(H,17,18). The van der Waals surface area contributed by atoms with Crippen LogP contribution in [0.25, 0.3) is 11.1 Å². The van der Waals surface area contributed by atoms with E-state index in [0.717, 1.165) is 31.2 Å². The summed E-state index contributed by atoms with van der Waals surface area (Å²) in [6.45, 7) is 1.99. The molecule has 118 valence electrons. The first kappa shape index (κ1) is 15.0. The number of nitrogens with one attached hydrogen (secondary N) is 1. The fourth-order valence-corrected chi connectivity index (χ4v) is 2.87. The zero-order valence-corrected chi connectivity index (χ0v) is 13.2. The average Bonchev–Trinajstić information content (AvgIpc) is 3.19. The van der Waals surface area contributed by atoms with Gasteiger partial charge in [-0.1, -0.05) is 18.5 Å². The van der Waals surface area contributed by atoms with E-state index in [9.17, 15) is 13.2 Å². The van der Waals surface area contributed by atoms with Gasteiger partial charge in [-0.2, -0.15) is 0 Å². The fraction of sp³-hybridized carbons (Fsp3) is 0.500. The third kappa shape index (κ3) is 2.96. The minimum absolute atomic E-state index is 0.266. The van der Waals surface area contributed by atoms with E-state index in [4.69, 9.17) is 4.52 Å². The van der Waals surface area contributed by atoms with E-state index < -0.39 is 15.9 Å². The second kappa shape index (κ2) is 5.35. The summed E-state index contributed by atoms with van der Waals surface area (Å²) in [5, 5.41) is 4.49. The van der Waals surface area contributed by atoms with Crippen LogP contribution in [-0.2, 0) is 16.4 Å². The molecule has 0 radical (unpaired) electrons. The molecule has 0 bridgehead atoms. The highest BCUT2D eigenvalue weighted by Crippen LogP contribution is 2.40. The first-order valence-electron chi connectivity index (χ1n) is 7.20. The first-order chi connectivity index (χ1) is 10.4. The van der Waals surface area contributed by atoms with E-state index in [0.29, 0.717) is 29.1 Å². The van der Waals surface area contributed by atoms with Crippen LogP contribution in [0.2, 0.25) is 0 Å². The summed E-state index contributed by atoms with van der Waals surface area (Å²) in [5.74, 6) is -0.355. The highest BCUT2D eigenvalue weighted by Gasteiger charge is 2.29. The number of hydrogen-bond acceptors (Lipinski definition) is 6. The van der Waals surface area contributed by atoms with Crippen molar-refractivity contribution in [2.24, 2.45) is 0 Å². The number of nitrogens with zero attached hydrogens (tertiary/aromatic N) is 2. The molecule has 3 rings (SSSR count). The second-order valence-electron chi connectivity index (χ2n) is 5.63. The number of carbonyl (C=O) groups excluding carboxylic acids is 1. The van der Waals surface area contributed by atoms with Gasteiger partial charge in [0, 0.05) is 11.6 Å². The maximum atomic E-state index is 12.3. The Bertz CT molecular complexity index is 837. The molecule has 1 saturated carbocycles. The van der Waals surface area contributed by atoms with Gasteiger partial charge in [0.1, 0.15) is 0 Å². The molecule has 0 aliphatic heterocycles. The predicted molar refractivity (Wildman–Crippen MR) is 80.1 cm³/mol. The van der Waals surface area contributed by atoms with Crippen LogP contribution in [-0.4, -0.2) is 30.7 Å². The van der Waals surface area contributed by atoms with Gasteiger partial charge in [0.25, 0.3) is 11.6 Å². The van der Waals surface area contributed by atoms with E-state index in [1.165, 1.54) is 0 Å². The quantitative estimate of drug-likeness (QED) is 0.899. The monoisotopic (exact) mass is 323 g/mol. The van der Waals surface area contributed by atoms with Crippen molar-refractivity contribution in [2.45, 2.75) is 38.5 Å². The molecule has 1 N–H and O–H groups in total. The number of pyridine rings is 1. The topological polar surface area (TPSA) is 102 Å². The molecule has 7 nitrogen and oxygen atoms in total. The lowest BCUT2D eigenvalue weighted by molar-refractivity contribution is 0.0983. The minimum Gasteiger partial charge on any atom is -0.336 e. The molecule has 8 heteroatoms. The molecule has 0 atom stereocenters. The van der Waals surface area contributed by atoms with Gasteiger partial charge in [0.15, 0.2) is 0 Å². The Morgan fingerprint density at radius 2 is 2.18 bits per heavy atom. The lowest BCUT2D eigenvalue weighted by Crippen LogP contribution is -2.29. The van der Waals surface area contributed by atoms with Crippen LogP contribution in [0.1, 0.15) is 53.8 Å². The van der Waals surface area contributed by atoms with Crippen LogP contribution in [0.5, 0.6) is 0 Å². The Morgan fingerprint density at radius 3 is 2.77 bits per heavy atom. The van der Waals surface area contributed by atoms with Gasteiger partial charge in [-0.25, -0.2) is 18.1 Å². The predicted octanol–water partition coefficient (Wildman–Crippen LogP) is 1.74. The largest absolute Gasteiger partial charge is 0.336 e. The fourth-order valence-electron chi connectivity index (χ4n) is 2.43. The van der Waals surface area contributed by atoms with Crippen LogP contribution in [0, 0.1) is 0 Å². The molecule has 0 unspecified atom stereocenters. The van der Waals surface area contributed by atoms with Gasteiger partial charge in [-0.3, -0.25) is 4.79 Å². The highest BCUT2D eigenvalue weighted by molar-refractivity contribution is 7.89. The van der Waals surface area contributed by atoms with Crippen molar-refractivity contribution in [3.8, 4) is 0 Å². The minimum atomic E-state index is -3.64. The van der Waals surface area contributed by atoms with E-state index in [1.54, 1.807) is 6.07 Å². The molecule has 0 aromatic carbocycles. The van der Waals surface area contributed by atoms with Gasteiger partial charge in [-0.05, 0) is 25.3 Å². The molecule has 1 amide bonds. The van der Waals surface area contributed by atoms with Crippen LogP contribution in [0.3, 0.4) is 0 Å². The Hall–Kier alpha value is -1.96. The molecular formula is C14H17N3O4S. The van der Waals surface area contributed by atoms with Crippen LogP contribution in [0.4, 0.5) is 0 Å². The Kier molecular flexibility index (Phi) is 3.64. The van der Waals surface area contributed by atoms with E-state index in [1.807, 2.05) is 11.6 Å². The lowest BCUT2D eigenvalue weighted by Gasteiger charge is -2.06. The lowest BCUT2D eigenvalue weighted by atomic mass is 10.1. The maximum Gasteiger partial charge on any atom is 0.265 e. The summed E-state index contributed by atoms with van der Waals surface area (Å²) in [4.78, 5) is 16.8. The van der Waals surface area contributed by atoms with Crippen molar-refractivity contribution in [3.63, 3.8) is 0 Å². The second-order valence-corrected chi connectivity index (χ2v) is 7.38. The summed E-state index contributed by atoms with van der Waals surface area (Å²) < 4.78 is 29.9. The van der Waals surface area contributed by atoms with E-state index in [-0.39, 0.29) is 5.56 Å². The normalized spacial score (nSPS) is 15.2. The molecule has 22 heavy (non-hydrogen) atoms. The molecule has 2 aromatic heterocycles. The number of fused-ring (bicyclic) bond motifs is 1. The summed E-state index contributed by atoms with van der Waals surface area (Å²) in [6.07, 6.45) is 4.45. The number of rotatable bonds is 5. The Morgan fingerprint density at radius 1 is 1.45 bits per heavy atom. The molecule has 2 heterocycles. The number of aryl methyl sites for hydroxylation is 1. The van der Waals surface area contributed by atoms with Crippen molar-refractivity contribution in [1.29, 1.82) is 0 Å². The summed E-state index contributed by atoms with van der Waals surface area (Å²) in [7, 11) is -3.64. The number of hydrogen-bond donors (Lipinski definition) is 1. The molecule has 1 fully saturated rings. The van der Waals surface area contributed by atoms with Crippen molar-refractivity contribution in [2.75, 3.05) is 6.26 Å². The molecule has 2 aromatic rings. The van der Waals surface area contributed by atoms with E-state index in [2.05, 4.69) is 10.1 Å². The van der Waals surface area contributed by atoms with Crippen LogP contribution >= 0.6 is 0 Å². The van der Waals surface area contributed by atoms with Gasteiger partial charge in [-0.15, -0.1) is 0 Å². The molecule has 1 aliphatic carbocycles. The van der Waals surface area contributed by atoms with Crippen molar-refractivity contribution >= 4 is 27.0 Å². The molecule has 0 saturated heterocycles. The third-order valence-corrected chi connectivity index (χ3v) is 4.10. The van der Waals surface area contributed by atoms with Gasteiger partial charge in [0.2, 0.25) is 10.0 Å². The van der Waals surface area contributed by atoms with Gasteiger partial charge < -0.3 is 4.52 Å². The van der Waals surface area contributed by atoms with Gasteiger partial charge in [0.05, 0.1) is 22.9 Å².